The first kappa shape index (κ1) is 22.2. The van der Waals surface area contributed by atoms with Gasteiger partial charge in [-0.3, -0.25) is 27.7 Å². The number of aryl methyl sites for hydroxylation is 1. The summed E-state index contributed by atoms with van der Waals surface area (Å²) in [6, 6.07) is 14.8. The standard InChI is InChI=1S/C25H23N5O5/c1-27-21-20(23(32)28(2)25(27)33)30-17(12-16-10-11-18(34-3)19(13-16)35-4)22(31)29(24(30)26-21)14-15-8-6-5-7-9-15/h5-13H,14H2,1-4H3/b17-12+. The lowest BCUT2D eigenvalue weighted by Gasteiger charge is -2.07. The molecule has 0 N–H and O–H groups in total. The van der Waals surface area contributed by atoms with Gasteiger partial charge in [-0.15, -0.1) is 0 Å². The number of fused-ring (bicyclic) bond motifs is 3. The number of methoxy groups -OCH3 is 2. The van der Waals surface area contributed by atoms with Crippen LogP contribution >= 0.6 is 0 Å². The van der Waals surface area contributed by atoms with Gasteiger partial charge >= 0.3 is 5.69 Å². The lowest BCUT2D eigenvalue weighted by Crippen LogP contribution is -2.39. The van der Waals surface area contributed by atoms with Gasteiger partial charge < -0.3 is 9.47 Å². The minimum Gasteiger partial charge on any atom is -0.493 e. The van der Waals surface area contributed by atoms with Crippen LogP contribution < -0.4 is 31.6 Å². The Morgan fingerprint density at radius 2 is 1.60 bits per heavy atom. The van der Waals surface area contributed by atoms with Crippen molar-refractivity contribution in [2.24, 2.45) is 14.1 Å². The number of benzene rings is 2. The van der Waals surface area contributed by atoms with Gasteiger partial charge in [0.25, 0.3) is 11.1 Å². The van der Waals surface area contributed by atoms with Gasteiger partial charge in [-0.25, -0.2) is 4.79 Å². The van der Waals surface area contributed by atoms with Crippen LogP contribution in [0.3, 0.4) is 0 Å². The molecule has 0 unspecified atom stereocenters. The van der Waals surface area contributed by atoms with E-state index in [0.29, 0.717) is 17.1 Å². The quantitative estimate of drug-likeness (QED) is 0.372. The van der Waals surface area contributed by atoms with E-state index < -0.39 is 11.2 Å². The molecule has 0 aliphatic carbocycles. The number of nitrogens with zero attached hydrogens (tertiary/aromatic N) is 5. The highest BCUT2D eigenvalue weighted by atomic mass is 16.5. The molecule has 0 amide bonds. The monoisotopic (exact) mass is 473 g/mol. The molecule has 3 heterocycles. The van der Waals surface area contributed by atoms with Crippen LogP contribution in [-0.4, -0.2) is 37.3 Å². The third kappa shape index (κ3) is 3.41. The van der Waals surface area contributed by atoms with Crippen molar-refractivity contribution >= 4 is 23.0 Å². The molecule has 5 aromatic rings. The van der Waals surface area contributed by atoms with Crippen molar-refractivity contribution in [2.75, 3.05) is 14.2 Å². The van der Waals surface area contributed by atoms with Crippen LogP contribution in [0.15, 0.2) is 62.9 Å². The molecule has 0 saturated carbocycles. The largest absolute Gasteiger partial charge is 0.493 e. The number of hydrogen-bond acceptors (Lipinski definition) is 6. The van der Waals surface area contributed by atoms with Crippen molar-refractivity contribution in [1.29, 1.82) is 0 Å². The summed E-state index contributed by atoms with van der Waals surface area (Å²) in [5, 5.41) is 0.237. The first-order chi connectivity index (χ1) is 16.8. The molecule has 2 aromatic carbocycles. The molecule has 0 aliphatic heterocycles. The number of ether oxygens (including phenoxy) is 2. The Balaban J connectivity index is 1.91. The van der Waals surface area contributed by atoms with Crippen LogP contribution in [0.1, 0.15) is 11.1 Å². The lowest BCUT2D eigenvalue weighted by molar-refractivity contribution is 0.355. The zero-order valence-corrected chi connectivity index (χ0v) is 19.7. The van der Waals surface area contributed by atoms with Crippen molar-refractivity contribution in [1.82, 2.24) is 23.1 Å². The average Bonchev–Trinajstić information content (AvgIpc) is 3.38. The Bertz CT molecular complexity index is 1830. The minimum absolute atomic E-state index is 0.153. The first-order valence-corrected chi connectivity index (χ1v) is 10.8. The van der Waals surface area contributed by atoms with E-state index in [9.17, 15) is 14.4 Å². The third-order valence-electron chi connectivity index (χ3n) is 6.08. The predicted octanol–water partition coefficient (Wildman–Crippen LogP) is 0.660. The van der Waals surface area contributed by atoms with Crippen LogP contribution in [0.4, 0.5) is 0 Å². The molecule has 178 valence electrons. The van der Waals surface area contributed by atoms with Crippen molar-refractivity contribution in [3.63, 3.8) is 0 Å². The number of hydrogen-bond donors (Lipinski definition) is 0. The van der Waals surface area contributed by atoms with Crippen molar-refractivity contribution < 1.29 is 9.47 Å². The summed E-state index contributed by atoms with van der Waals surface area (Å²) >= 11 is 0. The van der Waals surface area contributed by atoms with E-state index in [2.05, 4.69) is 4.98 Å². The normalized spacial score (nSPS) is 12.1. The second kappa shape index (κ2) is 8.32. The first-order valence-electron chi connectivity index (χ1n) is 10.8. The van der Waals surface area contributed by atoms with E-state index in [1.165, 1.54) is 27.7 Å². The van der Waals surface area contributed by atoms with E-state index in [4.69, 9.17) is 9.47 Å². The average molecular weight is 473 g/mol. The van der Waals surface area contributed by atoms with Gasteiger partial charge in [0.05, 0.1) is 20.8 Å². The molecule has 0 atom stereocenters. The van der Waals surface area contributed by atoms with Gasteiger partial charge in [0.2, 0.25) is 5.78 Å². The molecule has 10 heteroatoms. The van der Waals surface area contributed by atoms with Gasteiger partial charge in [-0.2, -0.15) is 4.98 Å². The fourth-order valence-corrected chi connectivity index (χ4v) is 4.25. The van der Waals surface area contributed by atoms with E-state index in [1.807, 2.05) is 30.3 Å². The number of rotatable bonds is 5. The molecule has 0 saturated heterocycles. The summed E-state index contributed by atoms with van der Waals surface area (Å²) in [5.74, 6) is 1.33. The Kier molecular flexibility index (Phi) is 5.28. The van der Waals surface area contributed by atoms with Crippen molar-refractivity contribution in [3.8, 4) is 11.5 Å². The van der Waals surface area contributed by atoms with Gasteiger partial charge in [0.1, 0.15) is 5.35 Å². The van der Waals surface area contributed by atoms with Gasteiger partial charge in [-0.05, 0) is 29.3 Å². The fraction of sp³-hybridized carbons (Fsp3) is 0.200. The minimum atomic E-state index is -0.533. The number of imidazole rings is 2. The highest BCUT2D eigenvalue weighted by Gasteiger charge is 2.21. The zero-order chi connectivity index (χ0) is 24.9. The Morgan fingerprint density at radius 3 is 2.29 bits per heavy atom. The fourth-order valence-electron chi connectivity index (χ4n) is 4.25. The van der Waals surface area contributed by atoms with Gasteiger partial charge in [0.15, 0.2) is 22.7 Å². The third-order valence-corrected chi connectivity index (χ3v) is 6.08. The van der Waals surface area contributed by atoms with Crippen LogP contribution in [0.2, 0.25) is 0 Å². The Morgan fingerprint density at radius 1 is 0.886 bits per heavy atom. The summed E-state index contributed by atoms with van der Waals surface area (Å²) in [4.78, 5) is 43.9. The van der Waals surface area contributed by atoms with Crippen molar-refractivity contribution in [2.45, 2.75) is 6.54 Å². The molecule has 0 aliphatic rings. The van der Waals surface area contributed by atoms with E-state index in [0.717, 1.165) is 10.1 Å². The maximum Gasteiger partial charge on any atom is 0.332 e. The lowest BCUT2D eigenvalue weighted by atomic mass is 10.2. The molecular weight excluding hydrogens is 450 g/mol. The zero-order valence-electron chi connectivity index (χ0n) is 19.7. The van der Waals surface area contributed by atoms with E-state index in [1.54, 1.807) is 38.4 Å². The van der Waals surface area contributed by atoms with Gasteiger partial charge in [0, 0.05) is 14.1 Å². The molecule has 35 heavy (non-hydrogen) atoms. The van der Waals surface area contributed by atoms with Crippen LogP contribution in [0.5, 0.6) is 11.5 Å². The summed E-state index contributed by atoms with van der Waals surface area (Å²) in [6.07, 6.45) is 1.67. The molecular formula is C25H23N5O5. The predicted molar refractivity (Wildman–Crippen MR) is 131 cm³/mol. The summed E-state index contributed by atoms with van der Waals surface area (Å²) in [7, 11) is 6.03. The molecule has 0 bridgehead atoms. The van der Waals surface area contributed by atoms with Crippen LogP contribution in [-0.2, 0) is 20.6 Å². The molecule has 10 nitrogen and oxygen atoms in total. The topological polar surface area (TPSA) is 102 Å². The van der Waals surface area contributed by atoms with E-state index >= 15 is 0 Å². The molecule has 3 aromatic heterocycles. The van der Waals surface area contributed by atoms with Gasteiger partial charge in [-0.1, -0.05) is 36.4 Å². The molecule has 0 fully saturated rings. The highest BCUT2D eigenvalue weighted by Crippen LogP contribution is 2.27. The van der Waals surface area contributed by atoms with E-state index in [-0.39, 0.29) is 34.4 Å². The summed E-state index contributed by atoms with van der Waals surface area (Å²) < 4.78 is 16.1. The molecule has 0 radical (unpaired) electrons. The Hall–Kier alpha value is -4.60. The Labute approximate surface area is 198 Å². The number of aromatic nitrogens is 5. The van der Waals surface area contributed by atoms with Crippen molar-refractivity contribution in [3.05, 3.63) is 96.2 Å². The summed E-state index contributed by atoms with van der Waals surface area (Å²) in [6.45, 7) is 0.251. The second-order valence-electron chi connectivity index (χ2n) is 8.15. The van der Waals surface area contributed by atoms with Crippen LogP contribution in [0, 0.1) is 0 Å². The highest BCUT2D eigenvalue weighted by molar-refractivity contribution is 5.76. The maximum absolute atomic E-state index is 13.7. The summed E-state index contributed by atoms with van der Waals surface area (Å²) in [5.41, 5.74) is 0.580. The van der Waals surface area contributed by atoms with Crippen LogP contribution in [0.25, 0.3) is 23.0 Å². The maximum atomic E-state index is 13.7. The second-order valence-corrected chi connectivity index (χ2v) is 8.15. The molecule has 5 rings (SSSR count). The SMILES string of the molecule is COc1ccc(/C=c2\c(=O)n(Cc3ccccc3)c3nc4c(c(=O)n(C)c(=O)n4C)n23)cc1OC. The smallest absolute Gasteiger partial charge is 0.332 e. The molecule has 0 spiro atoms.